The third-order valence-electron chi connectivity index (χ3n) is 4.00. The first kappa shape index (κ1) is 11.6. The molecule has 19 heavy (non-hydrogen) atoms. The molecule has 0 spiro atoms. The summed E-state index contributed by atoms with van der Waals surface area (Å²) in [7, 11) is 0. The number of hydrogen-bond donors (Lipinski definition) is 0. The highest BCUT2D eigenvalue weighted by atomic mass is 32.1. The summed E-state index contributed by atoms with van der Waals surface area (Å²) >= 11 is 1.76. The molecule has 2 aromatic rings. The molecule has 5 nitrogen and oxygen atoms in total. The van der Waals surface area contributed by atoms with E-state index in [9.17, 15) is 0 Å². The molecule has 0 aromatic carbocycles. The van der Waals surface area contributed by atoms with Crippen LogP contribution in [0.5, 0.6) is 0 Å². The van der Waals surface area contributed by atoms with Gasteiger partial charge in [-0.3, -0.25) is 4.90 Å². The molecular weight excluding hydrogens is 260 g/mol. The number of nitrogens with zero attached hydrogens (tertiary/aromatic N) is 4. The van der Waals surface area contributed by atoms with E-state index < -0.39 is 0 Å². The first-order chi connectivity index (χ1) is 9.40. The lowest BCUT2D eigenvalue weighted by molar-refractivity contribution is -0.0669. The van der Waals surface area contributed by atoms with Crippen LogP contribution in [0.2, 0.25) is 0 Å². The molecule has 1 fully saturated rings. The van der Waals surface area contributed by atoms with Crippen molar-refractivity contribution >= 4 is 11.3 Å². The van der Waals surface area contributed by atoms with Crippen LogP contribution in [0, 0.1) is 0 Å². The summed E-state index contributed by atoms with van der Waals surface area (Å²) in [5, 5.41) is 12.6. The van der Waals surface area contributed by atoms with Crippen molar-refractivity contribution in [3.8, 4) is 0 Å². The molecule has 2 aromatic heterocycles. The number of ether oxygens (including phenoxy) is 1. The van der Waals surface area contributed by atoms with E-state index >= 15 is 0 Å². The average molecular weight is 276 g/mol. The summed E-state index contributed by atoms with van der Waals surface area (Å²) in [6.45, 7) is 3.77. The van der Waals surface area contributed by atoms with Gasteiger partial charge in [-0.25, -0.2) is 4.68 Å². The second kappa shape index (κ2) is 4.70. The van der Waals surface area contributed by atoms with Gasteiger partial charge in [-0.05, 0) is 28.8 Å². The highest BCUT2D eigenvalue weighted by molar-refractivity contribution is 7.07. The molecule has 0 unspecified atom stereocenters. The minimum absolute atomic E-state index is 0.299. The Morgan fingerprint density at radius 1 is 1.47 bits per heavy atom. The van der Waals surface area contributed by atoms with Gasteiger partial charge in [0.1, 0.15) is 0 Å². The summed E-state index contributed by atoms with van der Waals surface area (Å²) in [5.41, 5.74) is 2.50. The number of fused-ring (bicyclic) bond motifs is 3. The Hall–Kier alpha value is -1.24. The molecule has 0 bridgehead atoms. The van der Waals surface area contributed by atoms with Gasteiger partial charge in [-0.2, -0.15) is 11.3 Å². The monoisotopic (exact) mass is 276 g/mol. The maximum atomic E-state index is 5.92. The Morgan fingerprint density at radius 3 is 3.37 bits per heavy atom. The fourth-order valence-electron chi connectivity index (χ4n) is 3.03. The molecule has 2 atom stereocenters. The molecule has 100 valence electrons. The zero-order valence-electron chi connectivity index (χ0n) is 10.6. The molecule has 0 radical (unpaired) electrons. The number of hydrogen-bond acceptors (Lipinski definition) is 5. The summed E-state index contributed by atoms with van der Waals surface area (Å²) in [6, 6.07) is 2.52. The van der Waals surface area contributed by atoms with Crippen molar-refractivity contribution in [2.45, 2.75) is 31.7 Å². The van der Waals surface area contributed by atoms with Gasteiger partial charge < -0.3 is 4.74 Å². The van der Waals surface area contributed by atoms with Crippen LogP contribution in [0.15, 0.2) is 23.0 Å². The molecule has 1 saturated heterocycles. The number of piperidine rings is 1. The van der Waals surface area contributed by atoms with Crippen molar-refractivity contribution in [1.29, 1.82) is 0 Å². The Balaban J connectivity index is 1.52. The van der Waals surface area contributed by atoms with E-state index in [1.807, 2.05) is 6.20 Å². The van der Waals surface area contributed by atoms with E-state index in [0.29, 0.717) is 18.8 Å². The van der Waals surface area contributed by atoms with Crippen LogP contribution in [-0.2, 0) is 17.9 Å². The van der Waals surface area contributed by atoms with E-state index in [4.69, 9.17) is 4.74 Å². The van der Waals surface area contributed by atoms with Crippen molar-refractivity contribution in [1.82, 2.24) is 19.9 Å². The molecule has 6 heteroatoms. The van der Waals surface area contributed by atoms with Gasteiger partial charge >= 0.3 is 0 Å². The number of rotatable bonds is 2. The molecular formula is C13H16N4OS. The van der Waals surface area contributed by atoms with Crippen LogP contribution < -0.4 is 0 Å². The molecule has 0 aliphatic carbocycles. The lowest BCUT2D eigenvalue weighted by Crippen LogP contribution is -2.47. The minimum atomic E-state index is 0.299. The summed E-state index contributed by atoms with van der Waals surface area (Å²) in [6.07, 6.45) is 3.19. The van der Waals surface area contributed by atoms with Crippen LogP contribution >= 0.6 is 11.3 Å². The van der Waals surface area contributed by atoms with Crippen molar-refractivity contribution < 1.29 is 4.74 Å². The first-order valence-electron chi connectivity index (χ1n) is 6.64. The maximum Gasteiger partial charge on any atom is 0.0930 e. The fourth-order valence-corrected chi connectivity index (χ4v) is 3.69. The fraction of sp³-hybridized carbons (Fsp3) is 0.538. The van der Waals surface area contributed by atoms with Gasteiger partial charge in [0.05, 0.1) is 30.6 Å². The molecule has 4 heterocycles. The van der Waals surface area contributed by atoms with Gasteiger partial charge in [0, 0.05) is 19.6 Å². The molecule has 0 N–H and O–H groups in total. The van der Waals surface area contributed by atoms with E-state index in [0.717, 1.165) is 31.7 Å². The number of thiophene rings is 1. The third kappa shape index (κ3) is 2.09. The van der Waals surface area contributed by atoms with Gasteiger partial charge in [0.25, 0.3) is 0 Å². The molecule has 2 aliphatic heterocycles. The van der Waals surface area contributed by atoms with E-state index in [1.165, 1.54) is 5.56 Å². The minimum Gasteiger partial charge on any atom is -0.370 e. The van der Waals surface area contributed by atoms with Gasteiger partial charge in [-0.1, -0.05) is 5.21 Å². The zero-order valence-corrected chi connectivity index (χ0v) is 11.4. The largest absolute Gasteiger partial charge is 0.370 e. The van der Waals surface area contributed by atoms with Gasteiger partial charge in [0.15, 0.2) is 0 Å². The highest BCUT2D eigenvalue weighted by Gasteiger charge is 2.36. The second-order valence-corrected chi connectivity index (χ2v) is 6.02. The molecule has 2 aliphatic rings. The maximum absolute atomic E-state index is 5.92. The summed E-state index contributed by atoms with van der Waals surface area (Å²) in [5.74, 6) is 0. The Bertz CT molecular complexity index is 553. The van der Waals surface area contributed by atoms with E-state index in [2.05, 4.69) is 36.7 Å². The van der Waals surface area contributed by atoms with Gasteiger partial charge in [0.2, 0.25) is 0 Å². The standard InChI is InChI=1S/C13H16N4OS/c1-3-16(6-10-2-4-19-9-10)7-12-13(1)18-8-11-5-14-15-17(11)12/h2,4-5,9,12-13H,1,3,6-8H2/t12-,13-/m0/s1. The predicted molar refractivity (Wildman–Crippen MR) is 71.8 cm³/mol. The lowest BCUT2D eigenvalue weighted by atomic mass is 10.00. The Morgan fingerprint density at radius 2 is 2.47 bits per heavy atom. The summed E-state index contributed by atoms with van der Waals surface area (Å²) in [4.78, 5) is 2.49. The second-order valence-electron chi connectivity index (χ2n) is 5.24. The van der Waals surface area contributed by atoms with Crippen LogP contribution in [0.4, 0.5) is 0 Å². The van der Waals surface area contributed by atoms with Crippen LogP contribution in [0.1, 0.15) is 23.7 Å². The number of likely N-dealkylation sites (tertiary alicyclic amines) is 1. The normalized spacial score (nSPS) is 26.9. The van der Waals surface area contributed by atoms with Gasteiger partial charge in [-0.15, -0.1) is 5.10 Å². The smallest absolute Gasteiger partial charge is 0.0930 e. The molecule has 4 rings (SSSR count). The SMILES string of the molecule is c1cc(CN2CC[C@@H]3OCc4cnnn4[C@H]3C2)cs1. The highest BCUT2D eigenvalue weighted by Crippen LogP contribution is 2.30. The number of aromatic nitrogens is 3. The first-order valence-corrected chi connectivity index (χ1v) is 7.58. The average Bonchev–Trinajstić information content (AvgIpc) is 3.08. The molecule has 0 amide bonds. The van der Waals surface area contributed by atoms with Crippen molar-refractivity contribution in [2.24, 2.45) is 0 Å². The predicted octanol–water partition coefficient (Wildman–Crippen LogP) is 1.69. The van der Waals surface area contributed by atoms with Crippen LogP contribution in [0.3, 0.4) is 0 Å². The van der Waals surface area contributed by atoms with Crippen molar-refractivity contribution in [2.75, 3.05) is 13.1 Å². The van der Waals surface area contributed by atoms with Crippen LogP contribution in [-0.4, -0.2) is 39.1 Å². The van der Waals surface area contributed by atoms with Crippen molar-refractivity contribution in [3.63, 3.8) is 0 Å². The topological polar surface area (TPSA) is 43.2 Å². The summed E-state index contributed by atoms with van der Waals surface area (Å²) < 4.78 is 7.99. The van der Waals surface area contributed by atoms with Crippen molar-refractivity contribution in [3.05, 3.63) is 34.3 Å². The van der Waals surface area contributed by atoms with E-state index in [-0.39, 0.29) is 0 Å². The van der Waals surface area contributed by atoms with Crippen LogP contribution in [0.25, 0.3) is 0 Å². The zero-order chi connectivity index (χ0) is 12.7. The van der Waals surface area contributed by atoms with E-state index in [1.54, 1.807) is 11.3 Å². The Labute approximate surface area is 115 Å². The Kier molecular flexibility index (Phi) is 2.86. The lowest BCUT2D eigenvalue weighted by Gasteiger charge is -2.40. The quantitative estimate of drug-likeness (QED) is 0.837. The third-order valence-corrected chi connectivity index (χ3v) is 4.73. The molecule has 0 saturated carbocycles.